The molecule has 4 nitrogen and oxygen atoms in total. The molecule has 1 atom stereocenters. The van der Waals surface area contributed by atoms with E-state index in [1.807, 2.05) is 57.0 Å². The van der Waals surface area contributed by atoms with Crippen molar-refractivity contribution in [1.82, 2.24) is 10.2 Å². The van der Waals surface area contributed by atoms with Gasteiger partial charge in [0.15, 0.2) is 5.96 Å². The fourth-order valence-corrected chi connectivity index (χ4v) is 3.04. The predicted molar refractivity (Wildman–Crippen MR) is 97.0 cm³/mol. The minimum atomic E-state index is -0.863. The van der Waals surface area contributed by atoms with Gasteiger partial charge < -0.3 is 10.2 Å². The maximum atomic E-state index is 12.0. The average Bonchev–Trinajstić information content (AvgIpc) is 2.42. The van der Waals surface area contributed by atoms with Gasteiger partial charge in [-0.2, -0.15) is 0 Å². The summed E-state index contributed by atoms with van der Waals surface area (Å²) in [6.07, 6.45) is 0. The Bertz CT molecular complexity index is 540. The van der Waals surface area contributed by atoms with E-state index < -0.39 is 10.8 Å². The Kier molecular flexibility index (Phi) is 7.36. The number of hydrogen-bond donors (Lipinski definition) is 1. The van der Waals surface area contributed by atoms with Crippen molar-refractivity contribution < 1.29 is 4.21 Å². The van der Waals surface area contributed by atoms with E-state index >= 15 is 0 Å². The van der Waals surface area contributed by atoms with E-state index in [1.165, 1.54) is 0 Å². The molecule has 0 fully saturated rings. The van der Waals surface area contributed by atoms with Gasteiger partial charge in [0.2, 0.25) is 0 Å². The van der Waals surface area contributed by atoms with E-state index in [0.29, 0.717) is 18.8 Å². The second kappa shape index (κ2) is 8.53. The van der Waals surface area contributed by atoms with Crippen LogP contribution in [0.3, 0.4) is 0 Å². The average molecular weight is 344 g/mol. The van der Waals surface area contributed by atoms with Crippen LogP contribution < -0.4 is 5.32 Å². The van der Waals surface area contributed by atoms with E-state index in [0.717, 1.165) is 16.5 Å². The number of nitrogens with zero attached hydrogens (tertiary/aromatic N) is 2. The summed E-state index contributed by atoms with van der Waals surface area (Å²) >= 11 is 6.00. The summed E-state index contributed by atoms with van der Waals surface area (Å²) in [4.78, 5) is 6.28. The SMILES string of the molecule is CN=C(NCCS(=O)C(C)(C)C)N(C)Cc1cccc(Cl)c1. The van der Waals surface area contributed by atoms with Gasteiger partial charge in [-0.1, -0.05) is 23.7 Å². The van der Waals surface area contributed by atoms with E-state index in [4.69, 9.17) is 11.6 Å². The van der Waals surface area contributed by atoms with Gasteiger partial charge in [-0.15, -0.1) is 0 Å². The zero-order valence-electron chi connectivity index (χ0n) is 14.0. The van der Waals surface area contributed by atoms with Gasteiger partial charge in [-0.25, -0.2) is 0 Å². The number of halogens is 1. The molecular formula is C16H26ClN3OS. The number of nitrogens with one attached hydrogen (secondary N) is 1. The van der Waals surface area contributed by atoms with Gasteiger partial charge in [-0.3, -0.25) is 9.20 Å². The lowest BCUT2D eigenvalue weighted by Crippen LogP contribution is -2.41. The number of rotatable bonds is 5. The fraction of sp³-hybridized carbons (Fsp3) is 0.562. The highest BCUT2D eigenvalue weighted by molar-refractivity contribution is 7.86. The van der Waals surface area contributed by atoms with Crippen LogP contribution in [0.1, 0.15) is 26.3 Å². The Balaban J connectivity index is 2.52. The van der Waals surface area contributed by atoms with Crippen LogP contribution in [-0.4, -0.2) is 46.2 Å². The van der Waals surface area contributed by atoms with Crippen molar-refractivity contribution in [1.29, 1.82) is 0 Å². The standard InChI is InChI=1S/C16H26ClN3OS/c1-16(2,3)22(21)10-9-19-15(18-4)20(5)12-13-7-6-8-14(17)11-13/h6-8,11H,9-10,12H2,1-5H3,(H,18,19). The van der Waals surface area contributed by atoms with Crippen LogP contribution in [0.2, 0.25) is 5.02 Å². The predicted octanol–water partition coefficient (Wildman–Crippen LogP) is 2.89. The lowest BCUT2D eigenvalue weighted by molar-refractivity contribution is 0.479. The smallest absolute Gasteiger partial charge is 0.193 e. The van der Waals surface area contributed by atoms with Gasteiger partial charge in [0.1, 0.15) is 0 Å². The molecule has 1 rings (SSSR count). The first-order valence-electron chi connectivity index (χ1n) is 7.28. The molecule has 124 valence electrons. The molecule has 0 heterocycles. The van der Waals surface area contributed by atoms with Gasteiger partial charge in [0, 0.05) is 53.5 Å². The molecule has 1 N–H and O–H groups in total. The van der Waals surface area contributed by atoms with Crippen molar-refractivity contribution in [3.8, 4) is 0 Å². The van der Waals surface area contributed by atoms with E-state index in [2.05, 4.69) is 10.3 Å². The maximum absolute atomic E-state index is 12.0. The quantitative estimate of drug-likeness (QED) is 0.660. The largest absolute Gasteiger partial charge is 0.355 e. The first kappa shape index (κ1) is 19.0. The van der Waals surface area contributed by atoms with Crippen molar-refractivity contribution in [2.75, 3.05) is 26.4 Å². The second-order valence-corrected chi connectivity index (χ2v) is 8.88. The first-order chi connectivity index (χ1) is 10.2. The Hall–Kier alpha value is -1.07. The van der Waals surface area contributed by atoms with Crippen LogP contribution in [0.4, 0.5) is 0 Å². The molecule has 0 spiro atoms. The molecule has 0 radical (unpaired) electrons. The molecule has 0 amide bonds. The summed E-state index contributed by atoms with van der Waals surface area (Å²) in [6, 6.07) is 7.78. The number of benzene rings is 1. The highest BCUT2D eigenvalue weighted by Gasteiger charge is 2.19. The zero-order chi connectivity index (χ0) is 16.8. The summed E-state index contributed by atoms with van der Waals surface area (Å²) in [5, 5.41) is 3.99. The van der Waals surface area contributed by atoms with Gasteiger partial charge >= 0.3 is 0 Å². The molecular weight excluding hydrogens is 318 g/mol. The van der Waals surface area contributed by atoms with Crippen LogP contribution in [0.25, 0.3) is 0 Å². The van der Waals surface area contributed by atoms with Crippen molar-refractivity contribution in [3.05, 3.63) is 34.9 Å². The molecule has 0 saturated carbocycles. The summed E-state index contributed by atoms with van der Waals surface area (Å²) in [5.41, 5.74) is 1.12. The normalized spacial score (nSPS) is 13.8. The topological polar surface area (TPSA) is 44.7 Å². The van der Waals surface area contributed by atoms with Gasteiger partial charge in [-0.05, 0) is 38.5 Å². The Morgan fingerprint density at radius 3 is 2.64 bits per heavy atom. The van der Waals surface area contributed by atoms with Crippen LogP contribution in [0, 0.1) is 0 Å². The lowest BCUT2D eigenvalue weighted by atomic mass is 10.2. The third-order valence-electron chi connectivity index (χ3n) is 3.14. The second-order valence-electron chi connectivity index (χ2n) is 6.12. The number of hydrogen-bond acceptors (Lipinski definition) is 2. The van der Waals surface area contributed by atoms with Crippen molar-refractivity contribution in [3.63, 3.8) is 0 Å². The minimum Gasteiger partial charge on any atom is -0.355 e. The van der Waals surface area contributed by atoms with Crippen molar-refractivity contribution in [2.45, 2.75) is 32.1 Å². The molecule has 1 unspecified atom stereocenters. The molecule has 0 aromatic heterocycles. The van der Waals surface area contributed by atoms with Gasteiger partial charge in [0.05, 0.1) is 0 Å². The highest BCUT2D eigenvalue weighted by Crippen LogP contribution is 2.12. The van der Waals surface area contributed by atoms with E-state index in [-0.39, 0.29) is 4.75 Å². The molecule has 6 heteroatoms. The summed E-state index contributed by atoms with van der Waals surface area (Å²) in [6.45, 7) is 7.31. The molecule has 0 aliphatic carbocycles. The monoisotopic (exact) mass is 343 g/mol. The molecule has 0 aliphatic heterocycles. The molecule has 0 bridgehead atoms. The Labute approximate surface area is 141 Å². The van der Waals surface area contributed by atoms with Crippen molar-refractivity contribution in [2.24, 2.45) is 4.99 Å². The zero-order valence-corrected chi connectivity index (χ0v) is 15.6. The van der Waals surface area contributed by atoms with Crippen LogP contribution in [-0.2, 0) is 17.3 Å². The molecule has 1 aromatic carbocycles. The van der Waals surface area contributed by atoms with Gasteiger partial charge in [0.25, 0.3) is 0 Å². The van der Waals surface area contributed by atoms with Crippen LogP contribution >= 0.6 is 11.6 Å². The lowest BCUT2D eigenvalue weighted by Gasteiger charge is -2.23. The summed E-state index contributed by atoms with van der Waals surface area (Å²) in [5.74, 6) is 1.39. The summed E-state index contributed by atoms with van der Waals surface area (Å²) in [7, 11) is 2.85. The molecule has 0 aliphatic rings. The Morgan fingerprint density at radius 2 is 2.09 bits per heavy atom. The Morgan fingerprint density at radius 1 is 1.41 bits per heavy atom. The number of aliphatic imine (C=N–C) groups is 1. The minimum absolute atomic E-state index is 0.183. The molecule has 22 heavy (non-hydrogen) atoms. The fourth-order valence-electron chi connectivity index (χ4n) is 1.93. The third kappa shape index (κ3) is 6.36. The highest BCUT2D eigenvalue weighted by atomic mass is 35.5. The van der Waals surface area contributed by atoms with Crippen LogP contribution in [0.5, 0.6) is 0 Å². The summed E-state index contributed by atoms with van der Waals surface area (Å²) < 4.78 is 11.9. The van der Waals surface area contributed by atoms with E-state index in [1.54, 1.807) is 7.05 Å². The van der Waals surface area contributed by atoms with Crippen molar-refractivity contribution >= 4 is 28.4 Å². The van der Waals surface area contributed by atoms with Crippen LogP contribution in [0.15, 0.2) is 29.3 Å². The number of guanidine groups is 1. The first-order valence-corrected chi connectivity index (χ1v) is 8.98. The van der Waals surface area contributed by atoms with E-state index in [9.17, 15) is 4.21 Å². The molecule has 1 aromatic rings. The molecule has 0 saturated heterocycles. The third-order valence-corrected chi connectivity index (χ3v) is 5.31. The maximum Gasteiger partial charge on any atom is 0.193 e.